The van der Waals surface area contributed by atoms with Crippen molar-refractivity contribution < 1.29 is 9.59 Å². The zero-order chi connectivity index (χ0) is 20.3. The highest BCUT2D eigenvalue weighted by Gasteiger charge is 2.36. The first-order valence-electron chi connectivity index (χ1n) is 9.66. The summed E-state index contributed by atoms with van der Waals surface area (Å²) in [6.45, 7) is 8.43. The lowest BCUT2D eigenvalue weighted by atomic mass is 10.1. The zero-order valence-electron chi connectivity index (χ0n) is 16.5. The quantitative estimate of drug-likeness (QED) is 0.778. The van der Waals surface area contributed by atoms with E-state index >= 15 is 0 Å². The van der Waals surface area contributed by atoms with Gasteiger partial charge in [-0.25, -0.2) is 0 Å². The van der Waals surface area contributed by atoms with E-state index in [1.807, 2.05) is 31.2 Å². The molecule has 1 aliphatic heterocycles. The molecule has 2 aromatic carbocycles. The van der Waals surface area contributed by atoms with Crippen LogP contribution in [0.3, 0.4) is 0 Å². The number of nitrogens with one attached hydrogen (secondary N) is 1. The first-order chi connectivity index (χ1) is 13.4. The Kier molecular flexibility index (Phi) is 6.25. The summed E-state index contributed by atoms with van der Waals surface area (Å²) in [6, 6.07) is 13.2. The van der Waals surface area contributed by atoms with Crippen LogP contribution < -0.4 is 15.1 Å². The molecule has 1 N–H and O–H groups in total. The first kappa shape index (κ1) is 20.2. The number of benzene rings is 2. The number of aryl methyl sites for hydroxylation is 1. The molecule has 1 aliphatic rings. The summed E-state index contributed by atoms with van der Waals surface area (Å²) in [5, 5.41) is 3.51. The van der Waals surface area contributed by atoms with Gasteiger partial charge >= 0.3 is 0 Å². The molecule has 148 valence electrons. The standard InChI is InChI=1S/C22H26ClN3O2/c1-4-25(5-2)17-10-11-19(15(3)12-17)24-22(28)16-13-21(27)26(14-16)20-9-7-6-8-18(20)23/h6-12,16H,4-5,13-14H2,1-3H3,(H,24,28). The van der Waals surface area contributed by atoms with Gasteiger partial charge in [0.25, 0.3) is 0 Å². The minimum atomic E-state index is -0.398. The third-order valence-corrected chi connectivity index (χ3v) is 5.56. The first-order valence-corrected chi connectivity index (χ1v) is 10.0. The van der Waals surface area contributed by atoms with Crippen LogP contribution in [0.1, 0.15) is 25.8 Å². The minimum absolute atomic E-state index is 0.0816. The van der Waals surface area contributed by atoms with Crippen LogP contribution in [-0.4, -0.2) is 31.4 Å². The van der Waals surface area contributed by atoms with Gasteiger partial charge in [0.15, 0.2) is 0 Å². The third kappa shape index (κ3) is 4.14. The average Bonchev–Trinajstić information content (AvgIpc) is 3.07. The molecule has 0 aromatic heterocycles. The number of carbonyl (C=O) groups excluding carboxylic acids is 2. The van der Waals surface area contributed by atoms with Gasteiger partial charge in [0.2, 0.25) is 11.8 Å². The van der Waals surface area contributed by atoms with Crippen molar-refractivity contribution in [2.24, 2.45) is 5.92 Å². The van der Waals surface area contributed by atoms with Gasteiger partial charge in [-0.3, -0.25) is 9.59 Å². The zero-order valence-corrected chi connectivity index (χ0v) is 17.3. The Bertz CT molecular complexity index is 880. The maximum absolute atomic E-state index is 12.8. The Labute approximate surface area is 171 Å². The predicted molar refractivity (Wildman–Crippen MR) is 115 cm³/mol. The molecule has 1 fully saturated rings. The summed E-state index contributed by atoms with van der Waals surface area (Å²) >= 11 is 6.21. The summed E-state index contributed by atoms with van der Waals surface area (Å²) in [4.78, 5) is 29.1. The Morgan fingerprint density at radius 3 is 2.57 bits per heavy atom. The van der Waals surface area contributed by atoms with E-state index in [0.29, 0.717) is 17.3 Å². The molecule has 0 saturated carbocycles. The molecule has 0 spiro atoms. The summed E-state index contributed by atoms with van der Waals surface area (Å²) in [7, 11) is 0. The molecule has 0 aliphatic carbocycles. The molecule has 5 nitrogen and oxygen atoms in total. The number of hydrogen-bond acceptors (Lipinski definition) is 3. The number of halogens is 1. The predicted octanol–water partition coefficient (Wildman–Crippen LogP) is 4.49. The maximum Gasteiger partial charge on any atom is 0.229 e. The van der Waals surface area contributed by atoms with Gasteiger partial charge in [-0.2, -0.15) is 0 Å². The highest BCUT2D eigenvalue weighted by Crippen LogP contribution is 2.32. The molecule has 2 aromatic rings. The van der Waals surface area contributed by atoms with Crippen molar-refractivity contribution in [3.8, 4) is 0 Å². The Morgan fingerprint density at radius 1 is 1.21 bits per heavy atom. The fourth-order valence-electron chi connectivity index (χ4n) is 3.60. The number of hydrogen-bond donors (Lipinski definition) is 1. The number of nitrogens with zero attached hydrogens (tertiary/aromatic N) is 2. The molecule has 1 unspecified atom stereocenters. The lowest BCUT2D eigenvalue weighted by Gasteiger charge is -2.22. The van der Waals surface area contributed by atoms with Crippen molar-refractivity contribution in [1.82, 2.24) is 0 Å². The van der Waals surface area contributed by atoms with E-state index in [9.17, 15) is 9.59 Å². The Hall–Kier alpha value is -2.53. The van der Waals surface area contributed by atoms with Crippen molar-refractivity contribution in [3.63, 3.8) is 0 Å². The van der Waals surface area contributed by atoms with Gasteiger partial charge < -0.3 is 15.1 Å². The lowest BCUT2D eigenvalue weighted by molar-refractivity contribution is -0.122. The van der Waals surface area contributed by atoms with Crippen molar-refractivity contribution in [1.29, 1.82) is 0 Å². The molecule has 3 rings (SSSR count). The van der Waals surface area contributed by atoms with Crippen molar-refractivity contribution >= 4 is 40.5 Å². The van der Waals surface area contributed by atoms with Gasteiger partial charge in [-0.15, -0.1) is 0 Å². The molecule has 6 heteroatoms. The molecule has 28 heavy (non-hydrogen) atoms. The lowest BCUT2D eigenvalue weighted by Crippen LogP contribution is -2.28. The molecule has 1 saturated heterocycles. The highest BCUT2D eigenvalue weighted by atomic mass is 35.5. The molecule has 1 heterocycles. The number of carbonyl (C=O) groups is 2. The number of rotatable bonds is 6. The van der Waals surface area contributed by atoms with Crippen LogP contribution in [0.2, 0.25) is 5.02 Å². The van der Waals surface area contributed by atoms with Crippen LogP contribution in [0, 0.1) is 12.8 Å². The third-order valence-electron chi connectivity index (χ3n) is 5.24. The van der Waals surface area contributed by atoms with E-state index in [2.05, 4.69) is 30.1 Å². The van der Waals surface area contributed by atoms with E-state index in [-0.39, 0.29) is 18.2 Å². The molecule has 0 bridgehead atoms. The normalized spacial score (nSPS) is 16.4. The smallest absolute Gasteiger partial charge is 0.229 e. The highest BCUT2D eigenvalue weighted by molar-refractivity contribution is 6.33. The van der Waals surface area contributed by atoms with E-state index < -0.39 is 5.92 Å². The molecular weight excluding hydrogens is 374 g/mol. The van der Waals surface area contributed by atoms with Crippen LogP contribution in [0.4, 0.5) is 17.1 Å². The van der Waals surface area contributed by atoms with E-state index in [1.54, 1.807) is 17.0 Å². The second-order valence-electron chi connectivity index (χ2n) is 7.02. The van der Waals surface area contributed by atoms with Gasteiger partial charge in [0.05, 0.1) is 16.6 Å². The summed E-state index contributed by atoms with van der Waals surface area (Å²) in [5.41, 5.74) is 3.58. The van der Waals surface area contributed by atoms with Crippen LogP contribution >= 0.6 is 11.6 Å². The molecule has 1 atom stereocenters. The Balaban J connectivity index is 1.70. The summed E-state index contributed by atoms with van der Waals surface area (Å²) in [6.07, 6.45) is 0.188. The molecule has 2 amide bonds. The van der Waals surface area contributed by atoms with Crippen molar-refractivity contribution in [2.45, 2.75) is 27.2 Å². The molecular formula is C22H26ClN3O2. The maximum atomic E-state index is 12.8. The van der Waals surface area contributed by atoms with Gasteiger partial charge in [0, 0.05) is 37.4 Å². The second-order valence-corrected chi connectivity index (χ2v) is 7.42. The van der Waals surface area contributed by atoms with Gasteiger partial charge in [0.1, 0.15) is 0 Å². The monoisotopic (exact) mass is 399 g/mol. The fraction of sp³-hybridized carbons (Fsp3) is 0.364. The van der Waals surface area contributed by atoms with Crippen LogP contribution in [0.5, 0.6) is 0 Å². The van der Waals surface area contributed by atoms with E-state index in [4.69, 9.17) is 11.6 Å². The average molecular weight is 400 g/mol. The van der Waals surface area contributed by atoms with Gasteiger partial charge in [-0.05, 0) is 56.7 Å². The van der Waals surface area contributed by atoms with E-state index in [0.717, 1.165) is 30.0 Å². The fourth-order valence-corrected chi connectivity index (χ4v) is 3.83. The van der Waals surface area contributed by atoms with E-state index in [1.165, 1.54) is 0 Å². The van der Waals surface area contributed by atoms with Crippen LogP contribution in [0.15, 0.2) is 42.5 Å². The summed E-state index contributed by atoms with van der Waals surface area (Å²) in [5.74, 6) is -0.617. The summed E-state index contributed by atoms with van der Waals surface area (Å²) < 4.78 is 0. The minimum Gasteiger partial charge on any atom is -0.372 e. The second kappa shape index (κ2) is 8.65. The van der Waals surface area contributed by atoms with Gasteiger partial charge in [-0.1, -0.05) is 23.7 Å². The van der Waals surface area contributed by atoms with Crippen LogP contribution in [-0.2, 0) is 9.59 Å². The Morgan fingerprint density at radius 2 is 1.93 bits per heavy atom. The van der Waals surface area contributed by atoms with Crippen molar-refractivity contribution in [2.75, 3.05) is 34.8 Å². The number of anilines is 3. The van der Waals surface area contributed by atoms with Crippen LogP contribution in [0.25, 0.3) is 0 Å². The number of para-hydroxylation sites is 1. The topological polar surface area (TPSA) is 52.7 Å². The largest absolute Gasteiger partial charge is 0.372 e. The molecule has 0 radical (unpaired) electrons. The SMILES string of the molecule is CCN(CC)c1ccc(NC(=O)C2CC(=O)N(c3ccccc3Cl)C2)c(C)c1. The number of amides is 2. The van der Waals surface area contributed by atoms with Crippen molar-refractivity contribution in [3.05, 3.63) is 53.1 Å².